The number of nitroso groups, excluding NO2 is 1. The van der Waals surface area contributed by atoms with Crippen molar-refractivity contribution >= 4 is 46.4 Å². The number of likely N-dealkylation sites (tertiary alicyclic amines) is 1. The maximum absolute atomic E-state index is 14.9. The smallest absolute Gasteiger partial charge is 0.255 e. The highest BCUT2D eigenvalue weighted by Crippen LogP contribution is 2.63. The third kappa shape index (κ3) is 8.55. The van der Waals surface area contributed by atoms with Crippen LogP contribution in [-0.4, -0.2) is 211 Å². The number of aromatic hydroxyl groups is 1. The Morgan fingerprint density at radius 3 is 2.19 bits per heavy atom. The SMILES string of the molecule is C=CC12C[C@]3(O)Cc4c(-c5ccc(CN6CCN(C)C(Oc7ccc(NC8CCN(C)CC8)c8c7C(O)=C7C(=O)[C@]9(O)C(O)=C(C(N)=O)C(=O)[C@@H](N(C)C)[C@@H]9C[C@@H]7C8)C6)o5)ccc(O)c4C(=O)C3=C(N=O)[C@]1(O)C(O)=C(C(N)=O)C(=O)C2N(C)C. The number of nitrogens with one attached hydrogen (secondary N) is 1. The number of hydrogen-bond donors (Lipinski definition) is 10. The molecule has 2 saturated heterocycles. The van der Waals surface area contributed by atoms with Gasteiger partial charge >= 0.3 is 0 Å². The van der Waals surface area contributed by atoms with E-state index >= 15 is 0 Å². The van der Waals surface area contributed by atoms with Crippen molar-refractivity contribution in [3.63, 3.8) is 0 Å². The Morgan fingerprint density at radius 2 is 1.55 bits per heavy atom. The van der Waals surface area contributed by atoms with E-state index in [1.807, 2.05) is 18.0 Å². The Hall–Kier alpha value is -7.88. The molecule has 11 rings (SSSR count). The topological polar surface area (TPSA) is 376 Å². The lowest BCUT2D eigenvalue weighted by atomic mass is 9.48. The van der Waals surface area contributed by atoms with Crippen LogP contribution < -0.4 is 21.5 Å². The number of anilines is 1. The van der Waals surface area contributed by atoms with Gasteiger partial charge in [0.15, 0.2) is 34.8 Å². The van der Waals surface area contributed by atoms with Crippen LogP contribution >= 0.6 is 0 Å². The number of nitrogens with zero attached hydrogens (tertiary/aromatic N) is 6. The number of hydrogen-bond acceptors (Lipinski definition) is 23. The van der Waals surface area contributed by atoms with Crippen molar-refractivity contribution in [2.45, 2.75) is 86.2 Å². The number of ether oxygens (including phenoxy) is 1. The van der Waals surface area contributed by atoms with Gasteiger partial charge in [0.1, 0.15) is 62.7 Å². The summed E-state index contributed by atoms with van der Waals surface area (Å²) in [5.74, 6) is -11.4. The molecular formula is C60H69N9O16. The summed E-state index contributed by atoms with van der Waals surface area (Å²) in [6.07, 6.45) is 0.992. The lowest BCUT2D eigenvalue weighted by Gasteiger charge is -2.59. The summed E-state index contributed by atoms with van der Waals surface area (Å²) in [5, 5.41) is 91.5. The van der Waals surface area contributed by atoms with Gasteiger partial charge in [0, 0.05) is 54.8 Å². The summed E-state index contributed by atoms with van der Waals surface area (Å²) in [7, 11) is 9.90. The number of furan rings is 1. The Morgan fingerprint density at radius 1 is 0.871 bits per heavy atom. The van der Waals surface area contributed by atoms with Gasteiger partial charge in [-0.3, -0.25) is 48.4 Å². The summed E-state index contributed by atoms with van der Waals surface area (Å²) in [6, 6.07) is 6.93. The number of carbonyl (C=O) groups excluding carboxylic acids is 6. The van der Waals surface area contributed by atoms with Gasteiger partial charge in [-0.25, -0.2) is 0 Å². The minimum Gasteiger partial charge on any atom is -0.508 e. The molecule has 3 heterocycles. The summed E-state index contributed by atoms with van der Waals surface area (Å²) < 4.78 is 13.3. The zero-order chi connectivity index (χ0) is 61.5. The van der Waals surface area contributed by atoms with E-state index in [4.69, 9.17) is 20.6 Å². The summed E-state index contributed by atoms with van der Waals surface area (Å²) in [4.78, 5) is 105. The Labute approximate surface area is 487 Å². The van der Waals surface area contributed by atoms with Crippen LogP contribution in [0, 0.1) is 22.2 Å². The van der Waals surface area contributed by atoms with E-state index in [0.717, 1.165) is 32.0 Å². The predicted molar refractivity (Wildman–Crippen MR) is 304 cm³/mol. The number of nitrogens with two attached hydrogens (primary N) is 2. The number of primary amides is 2. The zero-order valence-electron chi connectivity index (χ0n) is 47.8. The maximum Gasteiger partial charge on any atom is 0.255 e. The molecule has 12 N–H and O–H groups in total. The Balaban J connectivity index is 0.906. The van der Waals surface area contributed by atoms with Crippen LogP contribution in [0.1, 0.15) is 58.5 Å². The third-order valence-electron chi connectivity index (χ3n) is 19.2. The largest absolute Gasteiger partial charge is 0.508 e. The molecule has 0 spiro atoms. The summed E-state index contributed by atoms with van der Waals surface area (Å²) in [6.45, 7) is 7.04. The standard InChI is InChI=1S/C60H69N9O16/c1-8-57-26-58(80)23-32-30(10-12-35(70)40(32)47(72)44(58)50(64-83)60(57,82)54(77)43(56(62)79)49(74)51(57)66(4)5)36-13-9-29(84-36)24-69-20-19-68(7)38(25-69)85-37-14-11-34(63-28-15-17-67(6)18-16-28)31-21-27-22-33-45(65(2)3)48(73)42(55(61)78)53(76)59(33,81)52(75)39(27)46(71)41(31)37/h8-14,27-28,33,38,45,51,63,70-71,76-77,80-82H,1,15-26H2,2-7H3,(H2,61,78)(H2,62,79)/t27-,33-,38?,45-,51?,57?,58+,59-,60-/m0/s1. The second kappa shape index (κ2) is 20.7. The van der Waals surface area contributed by atoms with E-state index in [-0.39, 0.29) is 71.3 Å². The third-order valence-corrected chi connectivity index (χ3v) is 19.2. The van der Waals surface area contributed by atoms with Crippen molar-refractivity contribution in [3.05, 3.63) is 121 Å². The predicted octanol–water partition coefficient (Wildman–Crippen LogP) is 1.49. The van der Waals surface area contributed by atoms with Crippen LogP contribution in [0.25, 0.3) is 17.1 Å². The number of Topliss-reactive ketones (excluding diaryl/α,β-unsaturated/α-hetero) is 4. The number of likely N-dealkylation sites (N-methyl/N-ethyl adjacent to an activating group) is 3. The van der Waals surface area contributed by atoms with Crippen molar-refractivity contribution in [2.75, 3.05) is 80.3 Å². The highest BCUT2D eigenvalue weighted by molar-refractivity contribution is 6.25. The summed E-state index contributed by atoms with van der Waals surface area (Å²) in [5.41, 5.74) is -1.80. The van der Waals surface area contributed by atoms with Gasteiger partial charge in [-0.05, 0) is 146 Å². The number of piperidine rings is 1. The Bertz CT molecular complexity index is 3610. The van der Waals surface area contributed by atoms with Crippen molar-refractivity contribution < 1.29 is 73.7 Å². The first kappa shape index (κ1) is 58.9. The van der Waals surface area contributed by atoms with Crippen molar-refractivity contribution in [1.29, 1.82) is 0 Å². The van der Waals surface area contributed by atoms with Crippen LogP contribution in [-0.2, 0) is 43.4 Å². The average molecular weight is 1170 g/mol. The molecule has 8 aliphatic rings. The molecule has 25 heteroatoms. The minimum atomic E-state index is -3.09. The van der Waals surface area contributed by atoms with Gasteiger partial charge in [0.25, 0.3) is 11.8 Å². The van der Waals surface area contributed by atoms with Gasteiger partial charge in [-0.15, -0.1) is 11.5 Å². The summed E-state index contributed by atoms with van der Waals surface area (Å²) >= 11 is 0. The number of ketones is 4. The quantitative estimate of drug-likeness (QED) is 0.0658. The zero-order valence-corrected chi connectivity index (χ0v) is 47.8. The fraction of sp³-hybridized carbons (Fsp3) is 0.467. The van der Waals surface area contributed by atoms with Crippen LogP contribution in [0.4, 0.5) is 5.69 Å². The highest BCUT2D eigenvalue weighted by Gasteiger charge is 2.73. The fourth-order valence-corrected chi connectivity index (χ4v) is 15.2. The lowest BCUT2D eigenvalue weighted by Crippen LogP contribution is -2.71. The number of phenolic OH excluding ortho intramolecular Hbond substituents is 1. The molecule has 450 valence electrons. The first-order valence-electron chi connectivity index (χ1n) is 28.0. The van der Waals surface area contributed by atoms with Crippen molar-refractivity contribution in [3.8, 4) is 22.8 Å². The first-order chi connectivity index (χ1) is 40.1. The number of fused-ring (bicyclic) bond motifs is 6. The van der Waals surface area contributed by atoms with Crippen molar-refractivity contribution in [2.24, 2.45) is 33.9 Å². The van der Waals surface area contributed by atoms with Gasteiger partial charge in [0.2, 0.25) is 5.78 Å². The van der Waals surface area contributed by atoms with Gasteiger partial charge in [-0.1, -0.05) is 6.08 Å². The van der Waals surface area contributed by atoms with Gasteiger partial charge in [0.05, 0.1) is 40.7 Å². The molecule has 3 fully saturated rings. The molecule has 3 unspecified atom stereocenters. The number of aliphatic hydroxyl groups is 6. The van der Waals surface area contributed by atoms with E-state index in [2.05, 4.69) is 33.9 Å². The fourth-order valence-electron chi connectivity index (χ4n) is 15.2. The maximum atomic E-state index is 14.9. The van der Waals surface area contributed by atoms with E-state index in [0.29, 0.717) is 30.1 Å². The first-order valence-corrected chi connectivity index (χ1v) is 28.0. The lowest BCUT2D eigenvalue weighted by molar-refractivity contribution is -0.154. The van der Waals surface area contributed by atoms with E-state index in [9.17, 15) is 69.4 Å². The number of piperazine rings is 1. The van der Waals surface area contributed by atoms with E-state index in [1.165, 1.54) is 36.0 Å². The average Bonchev–Trinajstić information content (AvgIpc) is 0.790. The molecule has 25 nitrogen and oxygen atoms in total. The number of benzene rings is 2. The molecule has 6 aliphatic carbocycles. The molecule has 3 aromatic rings. The monoisotopic (exact) mass is 1170 g/mol. The van der Waals surface area contributed by atoms with E-state index in [1.54, 1.807) is 32.3 Å². The molecule has 0 radical (unpaired) electrons. The number of rotatable bonds is 13. The van der Waals surface area contributed by atoms with E-state index < -0.39 is 146 Å². The second-order valence-corrected chi connectivity index (χ2v) is 24.5. The van der Waals surface area contributed by atoms with Crippen LogP contribution in [0.15, 0.2) is 98.2 Å². The molecule has 2 amide bonds. The van der Waals surface area contributed by atoms with Crippen LogP contribution in [0.3, 0.4) is 0 Å². The highest BCUT2D eigenvalue weighted by atomic mass is 16.5. The number of carbonyl (C=O) groups is 6. The number of aliphatic hydroxyl groups excluding tert-OH is 3. The molecule has 0 bridgehead atoms. The second-order valence-electron chi connectivity index (χ2n) is 24.5. The van der Waals surface area contributed by atoms with Crippen LogP contribution in [0.2, 0.25) is 0 Å². The molecule has 2 aromatic carbocycles. The molecule has 9 atom stereocenters. The normalized spacial score (nSPS) is 31.1. The molecule has 85 heavy (non-hydrogen) atoms. The Kier molecular flexibility index (Phi) is 14.3. The number of phenols is 1. The van der Waals surface area contributed by atoms with Gasteiger partial charge < -0.3 is 66.6 Å². The minimum absolute atomic E-state index is 0.0269. The molecule has 1 aromatic heterocycles. The molecule has 2 aliphatic heterocycles. The number of amides is 2. The molecular weight excluding hydrogens is 1100 g/mol. The molecule has 1 saturated carbocycles. The van der Waals surface area contributed by atoms with Crippen LogP contribution in [0.5, 0.6) is 11.5 Å². The van der Waals surface area contributed by atoms with Gasteiger partial charge in [-0.2, -0.15) is 0 Å². The van der Waals surface area contributed by atoms with Crippen molar-refractivity contribution in [1.82, 2.24) is 24.5 Å².